The zero-order valence-corrected chi connectivity index (χ0v) is 10.4. The molecule has 1 aliphatic rings. The fraction of sp³-hybridized carbons (Fsp3) is 0.231. The molecule has 0 saturated carbocycles. The standard InChI is InChI=1S/C13H14ClP/c1-13(10-6-3-7-11-13)15(14)12-8-4-2-5-9-12/h2-10H,11H2,1H3. The van der Waals surface area contributed by atoms with Crippen molar-refractivity contribution in [1.82, 2.24) is 0 Å². The zero-order valence-electron chi connectivity index (χ0n) is 8.73. The topological polar surface area (TPSA) is 0 Å². The van der Waals surface area contributed by atoms with Crippen molar-refractivity contribution in [3.05, 3.63) is 54.6 Å². The highest BCUT2D eigenvalue weighted by atomic mass is 35.7. The van der Waals surface area contributed by atoms with Gasteiger partial charge in [0.05, 0.1) is 0 Å². The Hall–Kier alpha value is -0.580. The highest BCUT2D eigenvalue weighted by Gasteiger charge is 2.31. The van der Waals surface area contributed by atoms with Crippen LogP contribution in [0.3, 0.4) is 0 Å². The number of benzene rings is 1. The van der Waals surface area contributed by atoms with Crippen LogP contribution >= 0.6 is 18.5 Å². The van der Waals surface area contributed by atoms with Crippen LogP contribution in [0.2, 0.25) is 0 Å². The lowest BCUT2D eigenvalue weighted by molar-refractivity contribution is 0.791. The Morgan fingerprint density at radius 2 is 1.93 bits per heavy atom. The second kappa shape index (κ2) is 4.51. The van der Waals surface area contributed by atoms with Crippen molar-refractivity contribution in [2.75, 3.05) is 0 Å². The van der Waals surface area contributed by atoms with Crippen molar-refractivity contribution in [1.29, 1.82) is 0 Å². The van der Waals surface area contributed by atoms with Crippen LogP contribution in [0.1, 0.15) is 13.3 Å². The Bertz CT molecular complexity index is 383. The third-order valence-electron chi connectivity index (χ3n) is 2.66. The van der Waals surface area contributed by atoms with E-state index in [1.165, 1.54) is 5.30 Å². The average Bonchev–Trinajstić information content (AvgIpc) is 2.30. The summed E-state index contributed by atoms with van der Waals surface area (Å²) in [4.78, 5) is 0. The molecule has 15 heavy (non-hydrogen) atoms. The molecule has 0 bridgehead atoms. The second-order valence-corrected chi connectivity index (χ2v) is 7.08. The lowest BCUT2D eigenvalue weighted by atomic mass is 10.0. The molecule has 2 heteroatoms. The summed E-state index contributed by atoms with van der Waals surface area (Å²) in [5, 5.41) is 1.36. The second-order valence-electron chi connectivity index (χ2n) is 3.96. The predicted octanol–water partition coefficient (Wildman–Crippen LogP) is 4.22. The monoisotopic (exact) mass is 236 g/mol. The van der Waals surface area contributed by atoms with Gasteiger partial charge in [-0.25, -0.2) is 0 Å². The van der Waals surface area contributed by atoms with Crippen LogP contribution < -0.4 is 5.30 Å². The lowest BCUT2D eigenvalue weighted by Gasteiger charge is -2.31. The van der Waals surface area contributed by atoms with Crippen molar-refractivity contribution in [2.24, 2.45) is 0 Å². The zero-order chi connectivity index (χ0) is 10.7. The van der Waals surface area contributed by atoms with Gasteiger partial charge in [0.15, 0.2) is 0 Å². The molecule has 0 heterocycles. The normalized spacial score (nSPS) is 26.5. The average molecular weight is 237 g/mol. The molecule has 1 aromatic carbocycles. The third kappa shape index (κ3) is 2.33. The largest absolute Gasteiger partial charge is 0.0902 e. The molecule has 2 atom stereocenters. The molecule has 78 valence electrons. The number of halogens is 1. The maximum Gasteiger partial charge on any atom is 0.0315 e. The Labute approximate surface area is 97.2 Å². The van der Waals surface area contributed by atoms with Crippen LogP contribution in [-0.4, -0.2) is 5.16 Å². The van der Waals surface area contributed by atoms with E-state index in [0.29, 0.717) is 0 Å². The first-order valence-electron chi connectivity index (χ1n) is 5.08. The minimum atomic E-state index is -0.642. The van der Waals surface area contributed by atoms with Crippen molar-refractivity contribution >= 4 is 23.8 Å². The van der Waals surface area contributed by atoms with E-state index >= 15 is 0 Å². The van der Waals surface area contributed by atoms with Gasteiger partial charge in [-0.1, -0.05) is 72.8 Å². The molecule has 0 aromatic heterocycles. The molecule has 0 spiro atoms. The molecule has 0 radical (unpaired) electrons. The van der Waals surface area contributed by atoms with Crippen LogP contribution in [0.25, 0.3) is 0 Å². The first kappa shape index (κ1) is 10.9. The van der Waals surface area contributed by atoms with Crippen LogP contribution in [0.15, 0.2) is 54.6 Å². The smallest absolute Gasteiger partial charge is 0.0315 e. The van der Waals surface area contributed by atoms with Gasteiger partial charge in [0.2, 0.25) is 0 Å². The van der Waals surface area contributed by atoms with Crippen LogP contribution in [0.5, 0.6) is 0 Å². The predicted molar refractivity (Wildman–Crippen MR) is 70.2 cm³/mol. The lowest BCUT2D eigenvalue weighted by Crippen LogP contribution is -2.22. The van der Waals surface area contributed by atoms with Crippen molar-refractivity contribution in [2.45, 2.75) is 18.5 Å². The molecule has 0 amide bonds. The molecular formula is C13H14ClP. The van der Waals surface area contributed by atoms with Gasteiger partial charge in [-0.15, -0.1) is 0 Å². The third-order valence-corrected chi connectivity index (χ3v) is 6.39. The first-order valence-corrected chi connectivity index (χ1v) is 7.32. The summed E-state index contributed by atoms with van der Waals surface area (Å²) in [5.41, 5.74) is 0. The Kier molecular flexibility index (Phi) is 3.29. The Balaban J connectivity index is 2.24. The molecule has 0 N–H and O–H groups in total. The van der Waals surface area contributed by atoms with E-state index in [-0.39, 0.29) is 5.16 Å². The molecule has 1 aliphatic carbocycles. The van der Waals surface area contributed by atoms with E-state index in [1.807, 2.05) is 6.07 Å². The van der Waals surface area contributed by atoms with Crippen molar-refractivity contribution < 1.29 is 0 Å². The van der Waals surface area contributed by atoms with E-state index < -0.39 is 7.27 Å². The highest BCUT2D eigenvalue weighted by Crippen LogP contribution is 2.56. The van der Waals surface area contributed by atoms with Gasteiger partial charge in [0, 0.05) is 12.4 Å². The molecule has 0 fully saturated rings. The maximum absolute atomic E-state index is 6.61. The Morgan fingerprint density at radius 1 is 1.20 bits per heavy atom. The van der Waals surface area contributed by atoms with Crippen LogP contribution in [0, 0.1) is 0 Å². The van der Waals surface area contributed by atoms with Gasteiger partial charge in [-0.05, 0) is 11.7 Å². The van der Waals surface area contributed by atoms with E-state index in [1.54, 1.807) is 0 Å². The molecule has 2 rings (SSSR count). The van der Waals surface area contributed by atoms with Crippen LogP contribution in [-0.2, 0) is 0 Å². The molecule has 2 unspecified atom stereocenters. The van der Waals surface area contributed by atoms with Crippen molar-refractivity contribution in [3.8, 4) is 0 Å². The van der Waals surface area contributed by atoms with E-state index in [4.69, 9.17) is 11.2 Å². The molecule has 1 aromatic rings. The van der Waals surface area contributed by atoms with Gasteiger partial charge in [-0.2, -0.15) is 0 Å². The summed E-state index contributed by atoms with van der Waals surface area (Å²) in [5.74, 6) is 0. The summed E-state index contributed by atoms with van der Waals surface area (Å²) in [6.45, 7) is 2.23. The number of hydrogen-bond donors (Lipinski definition) is 0. The summed E-state index contributed by atoms with van der Waals surface area (Å²) in [6.07, 6.45) is 9.66. The van der Waals surface area contributed by atoms with Crippen LogP contribution in [0.4, 0.5) is 0 Å². The summed E-state index contributed by atoms with van der Waals surface area (Å²) >= 11 is 6.61. The van der Waals surface area contributed by atoms with Gasteiger partial charge < -0.3 is 0 Å². The number of rotatable bonds is 2. The summed E-state index contributed by atoms with van der Waals surface area (Å²) in [7, 11) is -0.642. The number of allylic oxidation sites excluding steroid dienone is 4. The summed E-state index contributed by atoms with van der Waals surface area (Å²) in [6, 6.07) is 10.4. The van der Waals surface area contributed by atoms with Gasteiger partial charge >= 0.3 is 0 Å². The molecular weight excluding hydrogens is 223 g/mol. The van der Waals surface area contributed by atoms with Gasteiger partial charge in [0.25, 0.3) is 0 Å². The molecule has 0 saturated heterocycles. The molecule has 0 aliphatic heterocycles. The highest BCUT2D eigenvalue weighted by molar-refractivity contribution is 7.91. The van der Waals surface area contributed by atoms with Gasteiger partial charge in [0.1, 0.15) is 0 Å². The van der Waals surface area contributed by atoms with E-state index in [9.17, 15) is 0 Å². The van der Waals surface area contributed by atoms with Crippen molar-refractivity contribution in [3.63, 3.8) is 0 Å². The quantitative estimate of drug-likeness (QED) is 0.675. The number of hydrogen-bond acceptors (Lipinski definition) is 0. The minimum absolute atomic E-state index is 0.104. The maximum atomic E-state index is 6.61. The van der Waals surface area contributed by atoms with E-state index in [0.717, 1.165) is 6.42 Å². The van der Waals surface area contributed by atoms with Gasteiger partial charge in [-0.3, -0.25) is 0 Å². The minimum Gasteiger partial charge on any atom is -0.0902 e. The SMILES string of the molecule is CC1(P(Cl)c2ccccc2)C=CC=CC1. The molecule has 0 nitrogen and oxygen atoms in total. The Morgan fingerprint density at radius 3 is 2.53 bits per heavy atom. The first-order chi connectivity index (χ1) is 7.22. The van der Waals surface area contributed by atoms with E-state index in [2.05, 4.69) is 55.5 Å². The summed E-state index contributed by atoms with van der Waals surface area (Å²) < 4.78 is 0. The fourth-order valence-electron chi connectivity index (χ4n) is 1.72. The fourth-order valence-corrected chi connectivity index (χ4v) is 3.94.